The number of hydrogen-bond acceptors (Lipinski definition) is 4. The third kappa shape index (κ3) is 3.14. The second kappa shape index (κ2) is 5.57. The Morgan fingerprint density at radius 3 is 3.06 bits per heavy atom. The Morgan fingerprint density at radius 1 is 1.50 bits per heavy atom. The van der Waals surface area contributed by atoms with Crippen LogP contribution < -0.4 is 5.73 Å². The molecule has 1 aromatic carbocycles. The Morgan fingerprint density at radius 2 is 2.38 bits per heavy atom. The van der Waals surface area contributed by atoms with Crippen molar-refractivity contribution in [3.63, 3.8) is 0 Å². The van der Waals surface area contributed by atoms with Gasteiger partial charge < -0.3 is 15.2 Å². The van der Waals surface area contributed by atoms with E-state index in [0.29, 0.717) is 12.9 Å². The molecule has 1 heterocycles. The molecule has 1 aliphatic heterocycles. The molecular formula is C12H17NO2S. The molecule has 2 N–H and O–H groups in total. The van der Waals surface area contributed by atoms with Crippen molar-refractivity contribution in [1.29, 1.82) is 0 Å². The van der Waals surface area contributed by atoms with E-state index < -0.39 is 0 Å². The second-order valence-electron chi connectivity index (χ2n) is 3.93. The average molecular weight is 239 g/mol. The molecule has 2 rings (SSSR count). The van der Waals surface area contributed by atoms with Crippen LogP contribution in [0.4, 0.5) is 5.69 Å². The van der Waals surface area contributed by atoms with E-state index >= 15 is 0 Å². The standard InChI is InChI=1S/C12H17NO2S/c1-9-6-11(2-3-12(9)13)16-7-10-4-5-14-8-15-10/h2-3,6,10H,4-5,7-8,13H2,1H3. The second-order valence-corrected chi connectivity index (χ2v) is 5.03. The fourth-order valence-electron chi connectivity index (χ4n) is 1.56. The predicted molar refractivity (Wildman–Crippen MR) is 66.6 cm³/mol. The predicted octanol–water partition coefficient (Wildman–Crippen LogP) is 2.43. The average Bonchev–Trinajstić information content (AvgIpc) is 2.32. The smallest absolute Gasteiger partial charge is 0.147 e. The van der Waals surface area contributed by atoms with Crippen molar-refractivity contribution in [3.8, 4) is 0 Å². The van der Waals surface area contributed by atoms with E-state index in [4.69, 9.17) is 15.2 Å². The summed E-state index contributed by atoms with van der Waals surface area (Å²) in [5.74, 6) is 0.979. The monoisotopic (exact) mass is 239 g/mol. The molecule has 0 radical (unpaired) electrons. The minimum atomic E-state index is 0.316. The number of hydrogen-bond donors (Lipinski definition) is 1. The minimum Gasteiger partial charge on any atom is -0.399 e. The third-order valence-corrected chi connectivity index (χ3v) is 3.77. The van der Waals surface area contributed by atoms with Gasteiger partial charge in [0, 0.05) is 16.3 Å². The highest BCUT2D eigenvalue weighted by Gasteiger charge is 2.14. The van der Waals surface area contributed by atoms with Crippen molar-refractivity contribution in [2.75, 3.05) is 24.9 Å². The Balaban J connectivity index is 1.86. The molecular weight excluding hydrogens is 222 g/mol. The Kier molecular flexibility index (Phi) is 4.09. The number of rotatable bonds is 3. The molecule has 0 saturated carbocycles. The van der Waals surface area contributed by atoms with Gasteiger partial charge in [0.25, 0.3) is 0 Å². The van der Waals surface area contributed by atoms with E-state index in [1.54, 1.807) is 0 Å². The lowest BCUT2D eigenvalue weighted by Crippen LogP contribution is -2.25. The number of anilines is 1. The van der Waals surface area contributed by atoms with Gasteiger partial charge in [0.1, 0.15) is 6.79 Å². The Hall–Kier alpha value is -0.710. The van der Waals surface area contributed by atoms with Gasteiger partial charge in [-0.05, 0) is 37.1 Å². The van der Waals surface area contributed by atoms with Gasteiger partial charge in [0.15, 0.2) is 0 Å². The lowest BCUT2D eigenvalue weighted by Gasteiger charge is -2.22. The molecule has 0 spiro atoms. The largest absolute Gasteiger partial charge is 0.399 e. The molecule has 88 valence electrons. The summed E-state index contributed by atoms with van der Waals surface area (Å²) in [4.78, 5) is 1.25. The van der Waals surface area contributed by atoms with E-state index in [1.165, 1.54) is 4.90 Å². The van der Waals surface area contributed by atoms with Crippen LogP contribution in [0.15, 0.2) is 23.1 Å². The highest BCUT2D eigenvalue weighted by Crippen LogP contribution is 2.24. The van der Waals surface area contributed by atoms with Gasteiger partial charge in [0.05, 0.1) is 12.7 Å². The molecule has 0 aliphatic carbocycles. The quantitative estimate of drug-likeness (QED) is 0.650. The van der Waals surface area contributed by atoms with Crippen molar-refractivity contribution in [2.45, 2.75) is 24.3 Å². The molecule has 1 aliphatic rings. The topological polar surface area (TPSA) is 44.5 Å². The van der Waals surface area contributed by atoms with E-state index in [1.807, 2.05) is 24.8 Å². The van der Waals surface area contributed by atoms with Crippen LogP contribution in [-0.4, -0.2) is 25.3 Å². The zero-order valence-electron chi connectivity index (χ0n) is 9.44. The van der Waals surface area contributed by atoms with Gasteiger partial charge in [-0.1, -0.05) is 0 Å². The summed E-state index contributed by atoms with van der Waals surface area (Å²) < 4.78 is 10.6. The summed E-state index contributed by atoms with van der Waals surface area (Å²) in [6.07, 6.45) is 1.30. The number of ether oxygens (including phenoxy) is 2. The summed E-state index contributed by atoms with van der Waals surface area (Å²) in [6.45, 7) is 3.28. The first-order valence-corrected chi connectivity index (χ1v) is 6.42. The van der Waals surface area contributed by atoms with E-state index in [0.717, 1.165) is 30.0 Å². The molecule has 0 aromatic heterocycles. The van der Waals surface area contributed by atoms with Crippen LogP contribution >= 0.6 is 11.8 Å². The fraction of sp³-hybridized carbons (Fsp3) is 0.500. The first-order valence-electron chi connectivity index (χ1n) is 5.44. The van der Waals surface area contributed by atoms with Gasteiger partial charge in [-0.25, -0.2) is 0 Å². The lowest BCUT2D eigenvalue weighted by molar-refractivity contribution is -0.130. The van der Waals surface area contributed by atoms with Gasteiger partial charge in [-0.2, -0.15) is 0 Å². The summed E-state index contributed by atoms with van der Waals surface area (Å²) in [6, 6.07) is 6.15. The molecule has 1 atom stereocenters. The van der Waals surface area contributed by atoms with Crippen LogP contribution in [0.2, 0.25) is 0 Å². The van der Waals surface area contributed by atoms with E-state index in [-0.39, 0.29) is 0 Å². The molecule has 4 heteroatoms. The number of nitrogens with two attached hydrogens (primary N) is 1. The minimum absolute atomic E-state index is 0.316. The van der Waals surface area contributed by atoms with Gasteiger partial charge in [0.2, 0.25) is 0 Å². The molecule has 0 bridgehead atoms. The number of aryl methyl sites for hydroxylation is 1. The van der Waals surface area contributed by atoms with Gasteiger partial charge >= 0.3 is 0 Å². The maximum Gasteiger partial charge on any atom is 0.147 e. The first kappa shape index (κ1) is 11.8. The fourth-order valence-corrected chi connectivity index (χ4v) is 2.63. The number of benzene rings is 1. The summed E-state index contributed by atoms with van der Waals surface area (Å²) in [5.41, 5.74) is 7.77. The Labute approximate surface area is 100 Å². The van der Waals surface area contributed by atoms with Crippen LogP contribution in [-0.2, 0) is 9.47 Å². The van der Waals surface area contributed by atoms with Crippen molar-refractivity contribution in [1.82, 2.24) is 0 Å². The van der Waals surface area contributed by atoms with Crippen LogP contribution in [0, 0.1) is 6.92 Å². The molecule has 1 fully saturated rings. The van der Waals surface area contributed by atoms with Crippen molar-refractivity contribution in [3.05, 3.63) is 23.8 Å². The maximum absolute atomic E-state index is 5.78. The normalized spacial score (nSPS) is 20.9. The zero-order chi connectivity index (χ0) is 11.4. The van der Waals surface area contributed by atoms with Crippen LogP contribution in [0.5, 0.6) is 0 Å². The molecule has 3 nitrogen and oxygen atoms in total. The van der Waals surface area contributed by atoms with E-state index in [9.17, 15) is 0 Å². The summed E-state index contributed by atoms with van der Waals surface area (Å²) in [7, 11) is 0. The van der Waals surface area contributed by atoms with Crippen LogP contribution in [0.1, 0.15) is 12.0 Å². The Bertz CT molecular complexity index is 351. The van der Waals surface area contributed by atoms with Gasteiger partial charge in [-0.15, -0.1) is 11.8 Å². The highest BCUT2D eigenvalue weighted by molar-refractivity contribution is 7.99. The van der Waals surface area contributed by atoms with Crippen LogP contribution in [0.3, 0.4) is 0 Å². The molecule has 1 saturated heterocycles. The zero-order valence-corrected chi connectivity index (χ0v) is 10.3. The molecule has 16 heavy (non-hydrogen) atoms. The summed E-state index contributed by atoms with van der Waals surface area (Å²) >= 11 is 1.81. The molecule has 0 amide bonds. The summed E-state index contributed by atoms with van der Waals surface area (Å²) in [5, 5.41) is 0. The SMILES string of the molecule is Cc1cc(SCC2CCOCO2)ccc1N. The highest BCUT2D eigenvalue weighted by atomic mass is 32.2. The van der Waals surface area contributed by atoms with Gasteiger partial charge in [-0.3, -0.25) is 0 Å². The van der Waals surface area contributed by atoms with Crippen molar-refractivity contribution < 1.29 is 9.47 Å². The number of thioether (sulfide) groups is 1. The molecule has 1 unspecified atom stereocenters. The molecule has 1 aromatic rings. The van der Waals surface area contributed by atoms with E-state index in [2.05, 4.69) is 12.1 Å². The number of nitrogen functional groups attached to an aromatic ring is 1. The first-order chi connectivity index (χ1) is 7.75. The maximum atomic E-state index is 5.78. The lowest BCUT2D eigenvalue weighted by atomic mass is 10.2. The third-order valence-electron chi connectivity index (χ3n) is 2.65. The van der Waals surface area contributed by atoms with Crippen molar-refractivity contribution in [2.24, 2.45) is 0 Å². The van der Waals surface area contributed by atoms with Crippen LogP contribution in [0.25, 0.3) is 0 Å². The van der Waals surface area contributed by atoms with Crippen molar-refractivity contribution >= 4 is 17.4 Å².